The van der Waals surface area contributed by atoms with E-state index in [9.17, 15) is 9.18 Å². The molecule has 23 heavy (non-hydrogen) atoms. The van der Waals surface area contributed by atoms with Crippen molar-refractivity contribution in [3.8, 4) is 0 Å². The highest BCUT2D eigenvalue weighted by molar-refractivity contribution is 5.91. The van der Waals surface area contributed by atoms with E-state index in [0.29, 0.717) is 26.1 Å². The van der Waals surface area contributed by atoms with Gasteiger partial charge in [-0.2, -0.15) is 0 Å². The van der Waals surface area contributed by atoms with Gasteiger partial charge < -0.3 is 10.6 Å². The summed E-state index contributed by atoms with van der Waals surface area (Å²) in [6.07, 6.45) is 1.25. The number of amides is 1. The Kier molecular flexibility index (Phi) is 6.06. The van der Waals surface area contributed by atoms with E-state index in [0.717, 1.165) is 5.56 Å². The molecule has 1 aromatic heterocycles. The number of benzene rings is 1. The Bertz CT molecular complexity index is 636. The molecule has 2 atom stereocenters. The number of hydrogen-bond donors (Lipinski definition) is 2. The Morgan fingerprint density at radius 1 is 1.39 bits per heavy atom. The maximum absolute atomic E-state index is 13.1. The molecular formula is C15H19ClFN5O. The fraction of sp³-hybridized carbons (Fsp3) is 0.400. The largest absolute Gasteiger partial charge is 0.347 e. The van der Waals surface area contributed by atoms with Gasteiger partial charge in [-0.05, 0) is 12.0 Å². The molecule has 8 heteroatoms. The first-order valence-electron chi connectivity index (χ1n) is 7.30. The van der Waals surface area contributed by atoms with Crippen molar-refractivity contribution in [2.24, 2.45) is 0 Å². The monoisotopic (exact) mass is 339 g/mol. The summed E-state index contributed by atoms with van der Waals surface area (Å²) in [5.41, 5.74) is 1.29. The fourth-order valence-corrected chi connectivity index (χ4v) is 2.50. The van der Waals surface area contributed by atoms with Gasteiger partial charge in [0.25, 0.3) is 5.91 Å². The number of carbonyl (C=O) groups excluding carboxylic acids is 1. The lowest BCUT2D eigenvalue weighted by molar-refractivity contribution is 0.0946. The molecule has 1 aliphatic rings. The highest BCUT2D eigenvalue weighted by atomic mass is 35.5. The number of halogens is 2. The third-order valence-corrected chi connectivity index (χ3v) is 3.64. The molecule has 1 fully saturated rings. The first-order chi connectivity index (χ1) is 10.7. The normalized spacial score (nSPS) is 20.0. The Morgan fingerprint density at radius 2 is 2.17 bits per heavy atom. The average Bonchev–Trinajstić information content (AvgIpc) is 3.16. The Balaban J connectivity index is 0.00000192. The summed E-state index contributed by atoms with van der Waals surface area (Å²) in [6, 6.07) is 9.69. The van der Waals surface area contributed by atoms with Crippen LogP contribution in [0.2, 0.25) is 0 Å². The molecule has 1 aliphatic heterocycles. The minimum atomic E-state index is -0.804. The van der Waals surface area contributed by atoms with Crippen molar-refractivity contribution >= 4 is 18.3 Å². The third kappa shape index (κ3) is 4.74. The number of hydrogen-bond acceptors (Lipinski definition) is 4. The van der Waals surface area contributed by atoms with E-state index >= 15 is 0 Å². The van der Waals surface area contributed by atoms with E-state index in [2.05, 4.69) is 20.9 Å². The van der Waals surface area contributed by atoms with Crippen molar-refractivity contribution in [2.75, 3.05) is 6.54 Å². The van der Waals surface area contributed by atoms with Crippen molar-refractivity contribution < 1.29 is 9.18 Å². The van der Waals surface area contributed by atoms with Gasteiger partial charge in [-0.15, -0.1) is 17.5 Å². The smallest absolute Gasteiger partial charge is 0.273 e. The Hall–Kier alpha value is -1.99. The van der Waals surface area contributed by atoms with Gasteiger partial charge in [0.15, 0.2) is 5.69 Å². The van der Waals surface area contributed by atoms with Crippen molar-refractivity contribution in [1.29, 1.82) is 0 Å². The van der Waals surface area contributed by atoms with Crippen LogP contribution in [0.25, 0.3) is 0 Å². The van der Waals surface area contributed by atoms with Crippen LogP contribution in [0.5, 0.6) is 0 Å². The molecule has 1 aromatic carbocycles. The number of alkyl halides is 1. The van der Waals surface area contributed by atoms with E-state index in [4.69, 9.17) is 0 Å². The Morgan fingerprint density at radius 3 is 2.87 bits per heavy atom. The molecule has 0 saturated carbocycles. The zero-order valence-electron chi connectivity index (χ0n) is 12.5. The summed E-state index contributed by atoms with van der Waals surface area (Å²) in [5, 5.41) is 13.7. The molecule has 0 aliphatic carbocycles. The maximum atomic E-state index is 13.1. The molecule has 2 heterocycles. The van der Waals surface area contributed by atoms with E-state index in [1.165, 1.54) is 0 Å². The lowest BCUT2D eigenvalue weighted by Gasteiger charge is -2.08. The van der Waals surface area contributed by atoms with Crippen molar-refractivity contribution in [2.45, 2.75) is 31.7 Å². The number of carbonyl (C=O) groups is 1. The van der Waals surface area contributed by atoms with Crippen LogP contribution in [0.15, 0.2) is 36.5 Å². The highest BCUT2D eigenvalue weighted by Crippen LogP contribution is 2.11. The standard InChI is InChI=1S/C15H18FN5O.ClH/c16-12-6-13(17-8-12)9-21-10-14(19-20-21)15(22)18-7-11-4-2-1-3-5-11;/h1-5,10,12-13,17H,6-9H2,(H,18,22);1H/t12-,13-;/m0./s1. The van der Waals surface area contributed by atoms with Crippen LogP contribution < -0.4 is 10.6 Å². The molecule has 1 amide bonds. The molecule has 2 N–H and O–H groups in total. The molecule has 0 bridgehead atoms. The molecule has 2 aromatic rings. The van der Waals surface area contributed by atoms with Crippen LogP contribution >= 0.6 is 12.4 Å². The summed E-state index contributed by atoms with van der Waals surface area (Å²) in [5.74, 6) is -0.266. The van der Waals surface area contributed by atoms with Gasteiger partial charge in [0.2, 0.25) is 0 Å². The van der Waals surface area contributed by atoms with E-state index in [1.807, 2.05) is 30.3 Å². The second-order valence-corrected chi connectivity index (χ2v) is 5.43. The van der Waals surface area contributed by atoms with Gasteiger partial charge in [0.1, 0.15) is 6.17 Å². The van der Waals surface area contributed by atoms with Gasteiger partial charge in [-0.1, -0.05) is 35.5 Å². The van der Waals surface area contributed by atoms with E-state index in [-0.39, 0.29) is 30.0 Å². The summed E-state index contributed by atoms with van der Waals surface area (Å²) < 4.78 is 14.7. The minimum absolute atomic E-state index is 0. The van der Waals surface area contributed by atoms with E-state index in [1.54, 1.807) is 10.9 Å². The Labute approximate surface area is 139 Å². The predicted octanol–water partition coefficient (Wildman–Crippen LogP) is 1.33. The van der Waals surface area contributed by atoms with Crippen molar-refractivity contribution in [1.82, 2.24) is 25.6 Å². The topological polar surface area (TPSA) is 71.8 Å². The summed E-state index contributed by atoms with van der Waals surface area (Å²) >= 11 is 0. The number of aromatic nitrogens is 3. The van der Waals surface area contributed by atoms with Gasteiger partial charge in [-0.3, -0.25) is 9.48 Å². The summed E-state index contributed by atoms with van der Waals surface area (Å²) in [7, 11) is 0. The number of nitrogens with one attached hydrogen (secondary N) is 2. The van der Waals surface area contributed by atoms with Crippen LogP contribution in [-0.2, 0) is 13.1 Å². The van der Waals surface area contributed by atoms with Crippen LogP contribution in [-0.4, -0.2) is 39.7 Å². The molecular weight excluding hydrogens is 321 g/mol. The lowest BCUT2D eigenvalue weighted by Crippen LogP contribution is -2.27. The highest BCUT2D eigenvalue weighted by Gasteiger charge is 2.24. The molecule has 0 radical (unpaired) electrons. The molecule has 3 rings (SSSR count). The van der Waals surface area contributed by atoms with Gasteiger partial charge in [0.05, 0.1) is 12.7 Å². The average molecular weight is 340 g/mol. The second kappa shape index (κ2) is 8.03. The van der Waals surface area contributed by atoms with Crippen LogP contribution in [0.1, 0.15) is 22.5 Å². The lowest BCUT2D eigenvalue weighted by atomic mass is 10.2. The van der Waals surface area contributed by atoms with Gasteiger partial charge in [0, 0.05) is 19.1 Å². The number of nitrogens with zero attached hydrogens (tertiary/aromatic N) is 3. The SMILES string of the molecule is Cl.O=C(NCc1ccccc1)c1cn(C[C@@H]2C[C@H](F)CN2)nn1. The summed E-state index contributed by atoms with van der Waals surface area (Å²) in [4.78, 5) is 12.0. The quantitative estimate of drug-likeness (QED) is 0.862. The van der Waals surface area contributed by atoms with E-state index < -0.39 is 6.17 Å². The van der Waals surface area contributed by atoms with Crippen LogP contribution in [0.3, 0.4) is 0 Å². The third-order valence-electron chi connectivity index (χ3n) is 3.64. The van der Waals surface area contributed by atoms with Crippen LogP contribution in [0.4, 0.5) is 4.39 Å². The number of rotatable bonds is 5. The van der Waals surface area contributed by atoms with Gasteiger partial charge in [-0.25, -0.2) is 4.39 Å². The van der Waals surface area contributed by atoms with Crippen LogP contribution in [0, 0.1) is 0 Å². The zero-order chi connectivity index (χ0) is 15.4. The predicted molar refractivity (Wildman–Crippen MR) is 86.2 cm³/mol. The maximum Gasteiger partial charge on any atom is 0.273 e. The minimum Gasteiger partial charge on any atom is -0.347 e. The molecule has 6 nitrogen and oxygen atoms in total. The summed E-state index contributed by atoms with van der Waals surface area (Å²) in [6.45, 7) is 1.34. The second-order valence-electron chi connectivity index (χ2n) is 5.43. The zero-order valence-corrected chi connectivity index (χ0v) is 13.3. The first-order valence-corrected chi connectivity index (χ1v) is 7.30. The molecule has 1 saturated heterocycles. The molecule has 124 valence electrons. The van der Waals surface area contributed by atoms with Crippen molar-refractivity contribution in [3.63, 3.8) is 0 Å². The molecule has 0 spiro atoms. The molecule has 0 unspecified atom stereocenters. The van der Waals surface area contributed by atoms with Crippen molar-refractivity contribution in [3.05, 3.63) is 47.8 Å². The van der Waals surface area contributed by atoms with Gasteiger partial charge >= 0.3 is 0 Å². The fourth-order valence-electron chi connectivity index (χ4n) is 2.50. The first kappa shape index (κ1) is 17.4.